The van der Waals surface area contributed by atoms with Crippen LogP contribution in [0.4, 0.5) is 0 Å². The lowest BCUT2D eigenvalue weighted by Crippen LogP contribution is -2.14. The van der Waals surface area contributed by atoms with E-state index in [1.807, 2.05) is 0 Å². The molecule has 146 valence electrons. The zero-order valence-electron chi connectivity index (χ0n) is 16.5. The molecule has 0 fully saturated rings. The van der Waals surface area contributed by atoms with Gasteiger partial charge in [0.05, 0.1) is 6.10 Å². The van der Waals surface area contributed by atoms with E-state index in [0.29, 0.717) is 6.79 Å². The molecule has 0 aliphatic rings. The van der Waals surface area contributed by atoms with Gasteiger partial charge in [0.25, 0.3) is 0 Å². The van der Waals surface area contributed by atoms with Crippen LogP contribution in [0.2, 0.25) is 0 Å². The molecule has 25 heavy (non-hydrogen) atoms. The second kappa shape index (κ2) is 21.1. The highest BCUT2D eigenvalue weighted by Crippen LogP contribution is 2.12. The molecular weight excluding hydrogens is 312 g/mol. The Kier molecular flexibility index (Phi) is 20.4. The van der Waals surface area contributed by atoms with Gasteiger partial charge in [-0.05, 0) is 57.8 Å². The summed E-state index contributed by atoms with van der Waals surface area (Å²) in [5.74, 6) is 0. The zero-order chi connectivity index (χ0) is 18.4. The van der Waals surface area contributed by atoms with Crippen molar-refractivity contribution in [2.45, 2.75) is 83.7 Å². The normalized spacial score (nSPS) is 13.6. The van der Waals surface area contributed by atoms with Gasteiger partial charge < -0.3 is 14.6 Å². The first-order chi connectivity index (χ1) is 12.3. The molecule has 0 amide bonds. The van der Waals surface area contributed by atoms with E-state index in [4.69, 9.17) is 14.6 Å². The van der Waals surface area contributed by atoms with Crippen LogP contribution in [-0.2, 0) is 9.47 Å². The highest BCUT2D eigenvalue weighted by molar-refractivity contribution is 4.97. The van der Waals surface area contributed by atoms with Crippen LogP contribution in [0.25, 0.3) is 0 Å². The minimum Gasteiger partial charge on any atom is -0.396 e. The van der Waals surface area contributed by atoms with Crippen LogP contribution in [0.1, 0.15) is 77.6 Å². The Morgan fingerprint density at radius 1 is 0.800 bits per heavy atom. The molecule has 3 nitrogen and oxygen atoms in total. The van der Waals surface area contributed by atoms with Crippen LogP contribution in [0, 0.1) is 0 Å². The summed E-state index contributed by atoms with van der Waals surface area (Å²) in [6.45, 7) is 2.85. The maximum Gasteiger partial charge on any atom is 0.146 e. The number of rotatable bonds is 18. The van der Waals surface area contributed by atoms with E-state index in [1.54, 1.807) is 7.11 Å². The molecule has 0 aromatic rings. The number of ether oxygens (including phenoxy) is 2. The van der Waals surface area contributed by atoms with Crippen molar-refractivity contribution >= 4 is 0 Å². The monoisotopic (exact) mass is 352 g/mol. The van der Waals surface area contributed by atoms with Crippen LogP contribution < -0.4 is 0 Å². The van der Waals surface area contributed by atoms with Gasteiger partial charge in [0.15, 0.2) is 0 Å². The van der Waals surface area contributed by atoms with Crippen LogP contribution in [0.15, 0.2) is 36.5 Å². The van der Waals surface area contributed by atoms with Crippen LogP contribution in [0.5, 0.6) is 0 Å². The van der Waals surface area contributed by atoms with Gasteiger partial charge in [-0.25, -0.2) is 0 Å². The molecule has 0 aromatic heterocycles. The van der Waals surface area contributed by atoms with E-state index in [9.17, 15) is 0 Å². The Morgan fingerprint density at radius 3 is 2.12 bits per heavy atom. The predicted octanol–water partition coefficient (Wildman–Crippen LogP) is 5.95. The molecule has 3 heteroatoms. The Bertz CT molecular complexity index is 334. The van der Waals surface area contributed by atoms with E-state index in [1.165, 1.54) is 25.7 Å². The molecule has 1 atom stereocenters. The van der Waals surface area contributed by atoms with Crippen molar-refractivity contribution in [3.8, 4) is 0 Å². The quantitative estimate of drug-likeness (QED) is 0.188. The first-order valence-corrected chi connectivity index (χ1v) is 10.0. The molecule has 0 spiro atoms. The van der Waals surface area contributed by atoms with Gasteiger partial charge in [0, 0.05) is 13.7 Å². The summed E-state index contributed by atoms with van der Waals surface area (Å²) in [4.78, 5) is 0. The average Bonchev–Trinajstić information content (AvgIpc) is 2.63. The zero-order valence-corrected chi connectivity index (χ0v) is 16.5. The first kappa shape index (κ1) is 24.1. The van der Waals surface area contributed by atoms with Gasteiger partial charge in [-0.3, -0.25) is 0 Å². The van der Waals surface area contributed by atoms with E-state index >= 15 is 0 Å². The van der Waals surface area contributed by atoms with Crippen molar-refractivity contribution in [2.75, 3.05) is 20.5 Å². The lowest BCUT2D eigenvalue weighted by Gasteiger charge is -2.16. The van der Waals surface area contributed by atoms with Crippen LogP contribution in [-0.4, -0.2) is 31.7 Å². The van der Waals surface area contributed by atoms with Gasteiger partial charge in [0.2, 0.25) is 0 Å². The van der Waals surface area contributed by atoms with E-state index in [0.717, 1.165) is 44.9 Å². The molecule has 0 saturated heterocycles. The lowest BCUT2D eigenvalue weighted by molar-refractivity contribution is -0.0768. The molecular formula is C22H40O3. The summed E-state index contributed by atoms with van der Waals surface area (Å²) in [6, 6.07) is 0. The standard InChI is InChI=1S/C22H40O3/c1-3-4-5-6-7-8-9-10-11-12-13-14-15-18-22(25-21-24-2)19-16-17-20-23/h7-8,10-11,13-14,22-23H,3-6,9,12,15-21H2,1-2H3/b8-7-,11-10-,14-13-/t22-/m1/s1. The number of unbranched alkanes of at least 4 members (excludes halogenated alkanes) is 4. The fourth-order valence-corrected chi connectivity index (χ4v) is 2.53. The summed E-state index contributed by atoms with van der Waals surface area (Å²) in [5.41, 5.74) is 0. The van der Waals surface area contributed by atoms with Crippen molar-refractivity contribution in [3.63, 3.8) is 0 Å². The Balaban J connectivity index is 3.70. The highest BCUT2D eigenvalue weighted by Gasteiger charge is 2.07. The Labute approximate surface area is 155 Å². The summed E-state index contributed by atoms with van der Waals surface area (Å²) >= 11 is 0. The van der Waals surface area contributed by atoms with E-state index < -0.39 is 0 Å². The van der Waals surface area contributed by atoms with Crippen molar-refractivity contribution in [1.82, 2.24) is 0 Å². The van der Waals surface area contributed by atoms with Gasteiger partial charge in [0.1, 0.15) is 6.79 Å². The number of hydrogen-bond acceptors (Lipinski definition) is 3. The summed E-state index contributed by atoms with van der Waals surface area (Å²) in [5, 5.41) is 8.87. The van der Waals surface area contributed by atoms with Crippen molar-refractivity contribution in [2.24, 2.45) is 0 Å². The number of aliphatic hydroxyl groups is 1. The molecule has 0 bridgehead atoms. The second-order valence-electron chi connectivity index (χ2n) is 6.37. The maximum absolute atomic E-state index is 8.87. The summed E-state index contributed by atoms with van der Waals surface area (Å²) in [7, 11) is 1.65. The molecule has 0 unspecified atom stereocenters. The summed E-state index contributed by atoms with van der Waals surface area (Å²) < 4.78 is 10.7. The van der Waals surface area contributed by atoms with E-state index in [-0.39, 0.29) is 12.7 Å². The van der Waals surface area contributed by atoms with Gasteiger partial charge in [-0.1, -0.05) is 56.2 Å². The molecule has 0 heterocycles. The molecule has 0 rings (SSSR count). The van der Waals surface area contributed by atoms with E-state index in [2.05, 4.69) is 43.4 Å². The fourth-order valence-electron chi connectivity index (χ4n) is 2.53. The van der Waals surface area contributed by atoms with Crippen molar-refractivity contribution < 1.29 is 14.6 Å². The molecule has 0 aliphatic carbocycles. The Morgan fingerprint density at radius 2 is 1.48 bits per heavy atom. The molecule has 0 saturated carbocycles. The van der Waals surface area contributed by atoms with Crippen LogP contribution in [0.3, 0.4) is 0 Å². The SMILES string of the molecule is CCCCC/C=C\C/C=C\C/C=C\CC[C@H](CCCCO)OCOC. The fraction of sp³-hybridized carbons (Fsp3) is 0.727. The molecule has 0 radical (unpaired) electrons. The second-order valence-corrected chi connectivity index (χ2v) is 6.37. The first-order valence-electron chi connectivity index (χ1n) is 10.0. The number of allylic oxidation sites excluding steroid dienone is 6. The average molecular weight is 353 g/mol. The third-order valence-electron chi connectivity index (χ3n) is 4.03. The third kappa shape index (κ3) is 19.3. The summed E-state index contributed by atoms with van der Waals surface area (Å²) in [6.07, 6.45) is 25.8. The molecule has 0 aliphatic heterocycles. The largest absolute Gasteiger partial charge is 0.396 e. The van der Waals surface area contributed by atoms with Crippen molar-refractivity contribution in [1.29, 1.82) is 0 Å². The van der Waals surface area contributed by atoms with Crippen molar-refractivity contribution in [3.05, 3.63) is 36.5 Å². The Hall–Kier alpha value is -0.900. The van der Waals surface area contributed by atoms with Gasteiger partial charge in [-0.15, -0.1) is 0 Å². The number of methoxy groups -OCH3 is 1. The minimum absolute atomic E-state index is 0.226. The molecule has 1 N–H and O–H groups in total. The van der Waals surface area contributed by atoms with Crippen LogP contribution >= 0.6 is 0 Å². The maximum atomic E-state index is 8.87. The molecule has 0 aromatic carbocycles. The van der Waals surface area contributed by atoms with Gasteiger partial charge >= 0.3 is 0 Å². The smallest absolute Gasteiger partial charge is 0.146 e. The lowest BCUT2D eigenvalue weighted by atomic mass is 10.1. The number of hydrogen-bond donors (Lipinski definition) is 1. The number of aliphatic hydroxyl groups excluding tert-OH is 1. The third-order valence-corrected chi connectivity index (χ3v) is 4.03. The topological polar surface area (TPSA) is 38.7 Å². The highest BCUT2D eigenvalue weighted by atomic mass is 16.7. The predicted molar refractivity (Wildman–Crippen MR) is 108 cm³/mol. The minimum atomic E-state index is 0.226. The van der Waals surface area contributed by atoms with Gasteiger partial charge in [-0.2, -0.15) is 0 Å².